The quantitative estimate of drug-likeness (QED) is 0.795. The Hall–Kier alpha value is -2.90. The van der Waals surface area contributed by atoms with E-state index in [2.05, 4.69) is 14.9 Å². The number of hydrogen-bond donors (Lipinski definition) is 0. The van der Waals surface area contributed by atoms with Crippen LogP contribution < -0.4 is 14.5 Å². The Kier molecular flexibility index (Phi) is 5.73. The maximum absolute atomic E-state index is 13.6. The largest absolute Gasteiger partial charge is 0.481 e. The fraction of sp³-hybridized carbons (Fsp3) is 0.421. The Morgan fingerprint density at radius 1 is 1.19 bits per heavy atom. The van der Waals surface area contributed by atoms with Crippen LogP contribution in [0.15, 0.2) is 30.3 Å². The molecule has 0 atom stereocenters. The number of aromatic nitrogens is 2. The minimum atomic E-state index is -0.469. The summed E-state index contributed by atoms with van der Waals surface area (Å²) >= 11 is 0. The third kappa shape index (κ3) is 4.64. The molecule has 0 bridgehead atoms. The Bertz CT molecular complexity index is 806. The fourth-order valence-corrected chi connectivity index (χ4v) is 2.86. The molecule has 2 heterocycles. The van der Waals surface area contributed by atoms with Gasteiger partial charge in [0.1, 0.15) is 5.82 Å². The standard InChI is InChI=1S/C19H24FN5O2/c1-14-12-17(23(2)3)22-19(21-14)25-10-8-24(9-11-25)18(26)13-27-16-7-5-4-6-15(16)20/h4-7,12H,8-11,13H2,1-3H3. The van der Waals surface area contributed by atoms with Crippen molar-refractivity contribution in [1.82, 2.24) is 14.9 Å². The molecule has 0 unspecified atom stereocenters. The summed E-state index contributed by atoms with van der Waals surface area (Å²) in [6, 6.07) is 8.01. The van der Waals surface area contributed by atoms with E-state index in [1.54, 1.807) is 17.0 Å². The second kappa shape index (κ2) is 8.20. The summed E-state index contributed by atoms with van der Waals surface area (Å²) in [7, 11) is 3.88. The van der Waals surface area contributed by atoms with E-state index >= 15 is 0 Å². The van der Waals surface area contributed by atoms with Gasteiger partial charge in [-0.25, -0.2) is 9.37 Å². The van der Waals surface area contributed by atoms with Crippen molar-refractivity contribution >= 4 is 17.7 Å². The van der Waals surface area contributed by atoms with Crippen molar-refractivity contribution in [1.29, 1.82) is 0 Å². The van der Waals surface area contributed by atoms with E-state index in [1.165, 1.54) is 12.1 Å². The topological polar surface area (TPSA) is 61.8 Å². The van der Waals surface area contributed by atoms with Crippen LogP contribution in [-0.4, -0.2) is 67.7 Å². The van der Waals surface area contributed by atoms with Gasteiger partial charge in [-0.15, -0.1) is 0 Å². The summed E-state index contributed by atoms with van der Waals surface area (Å²) in [6.07, 6.45) is 0. The highest BCUT2D eigenvalue weighted by Crippen LogP contribution is 2.18. The number of anilines is 2. The normalized spacial score (nSPS) is 14.2. The number of carbonyl (C=O) groups is 1. The summed E-state index contributed by atoms with van der Waals surface area (Å²) in [4.78, 5) is 27.2. The van der Waals surface area contributed by atoms with E-state index in [9.17, 15) is 9.18 Å². The van der Waals surface area contributed by atoms with Gasteiger partial charge in [0.15, 0.2) is 18.2 Å². The molecule has 27 heavy (non-hydrogen) atoms. The number of rotatable bonds is 5. The maximum atomic E-state index is 13.6. The maximum Gasteiger partial charge on any atom is 0.260 e. The van der Waals surface area contributed by atoms with Crippen molar-refractivity contribution in [3.8, 4) is 5.75 Å². The first-order chi connectivity index (χ1) is 12.9. The molecular formula is C19H24FN5O2. The van der Waals surface area contributed by atoms with Crippen LogP contribution in [0.5, 0.6) is 5.75 Å². The summed E-state index contributed by atoms with van der Waals surface area (Å²) < 4.78 is 18.9. The number of aryl methyl sites for hydroxylation is 1. The molecule has 1 saturated heterocycles. The number of amides is 1. The summed E-state index contributed by atoms with van der Waals surface area (Å²) in [5, 5.41) is 0. The Morgan fingerprint density at radius 3 is 2.56 bits per heavy atom. The van der Waals surface area contributed by atoms with Gasteiger partial charge in [-0.1, -0.05) is 12.1 Å². The molecular weight excluding hydrogens is 349 g/mol. The van der Waals surface area contributed by atoms with Crippen LogP contribution in [0.4, 0.5) is 16.2 Å². The molecule has 7 nitrogen and oxygen atoms in total. The number of nitrogens with zero attached hydrogens (tertiary/aromatic N) is 5. The minimum absolute atomic E-state index is 0.0915. The van der Waals surface area contributed by atoms with Gasteiger partial charge in [0.25, 0.3) is 5.91 Å². The number of hydrogen-bond acceptors (Lipinski definition) is 6. The van der Waals surface area contributed by atoms with Gasteiger partial charge in [-0.3, -0.25) is 4.79 Å². The molecule has 1 aliphatic rings. The zero-order chi connectivity index (χ0) is 19.4. The molecule has 1 aliphatic heterocycles. The lowest BCUT2D eigenvalue weighted by molar-refractivity contribution is -0.133. The van der Waals surface area contributed by atoms with E-state index in [4.69, 9.17) is 4.74 Å². The van der Waals surface area contributed by atoms with Gasteiger partial charge < -0.3 is 19.4 Å². The molecule has 1 amide bonds. The van der Waals surface area contributed by atoms with Crippen molar-refractivity contribution in [3.05, 3.63) is 41.8 Å². The highest BCUT2D eigenvalue weighted by Gasteiger charge is 2.23. The van der Waals surface area contributed by atoms with Gasteiger partial charge in [0.05, 0.1) is 0 Å². The number of carbonyl (C=O) groups excluding carboxylic acids is 1. The second-order valence-electron chi connectivity index (χ2n) is 6.65. The molecule has 1 aromatic heterocycles. The Labute approximate surface area is 158 Å². The molecule has 3 rings (SSSR count). The van der Waals surface area contributed by atoms with Crippen molar-refractivity contribution in [2.24, 2.45) is 0 Å². The number of piperazine rings is 1. The van der Waals surface area contributed by atoms with Gasteiger partial charge in [-0.05, 0) is 19.1 Å². The molecule has 0 saturated carbocycles. The molecule has 0 radical (unpaired) electrons. The first kappa shape index (κ1) is 18.9. The van der Waals surface area contributed by atoms with Crippen LogP contribution in [-0.2, 0) is 4.79 Å². The van der Waals surface area contributed by atoms with E-state index in [1.807, 2.05) is 32.0 Å². The van der Waals surface area contributed by atoms with Crippen LogP contribution in [0.2, 0.25) is 0 Å². The van der Waals surface area contributed by atoms with E-state index in [0.29, 0.717) is 32.1 Å². The average Bonchev–Trinajstić information content (AvgIpc) is 2.66. The lowest BCUT2D eigenvalue weighted by Crippen LogP contribution is -2.50. The van der Waals surface area contributed by atoms with Crippen molar-refractivity contribution in [2.75, 3.05) is 56.7 Å². The fourth-order valence-electron chi connectivity index (χ4n) is 2.86. The summed E-state index contributed by atoms with van der Waals surface area (Å²) in [6.45, 7) is 4.15. The molecule has 144 valence electrons. The molecule has 0 aliphatic carbocycles. The minimum Gasteiger partial charge on any atom is -0.481 e. The molecule has 8 heteroatoms. The SMILES string of the molecule is Cc1cc(N(C)C)nc(N2CCN(C(=O)COc3ccccc3F)CC2)n1. The predicted molar refractivity (Wildman–Crippen MR) is 102 cm³/mol. The van der Waals surface area contributed by atoms with E-state index in [0.717, 1.165) is 11.5 Å². The van der Waals surface area contributed by atoms with Crippen molar-refractivity contribution < 1.29 is 13.9 Å². The number of halogens is 1. The molecule has 1 fully saturated rings. The van der Waals surface area contributed by atoms with Crippen LogP contribution in [0.25, 0.3) is 0 Å². The lowest BCUT2D eigenvalue weighted by Gasteiger charge is -2.35. The predicted octanol–water partition coefficient (Wildman–Crippen LogP) is 1.72. The Balaban J connectivity index is 1.55. The number of para-hydroxylation sites is 1. The van der Waals surface area contributed by atoms with Crippen LogP contribution in [0, 0.1) is 12.7 Å². The molecule has 0 N–H and O–H groups in total. The third-order valence-corrected chi connectivity index (χ3v) is 4.39. The van der Waals surface area contributed by atoms with E-state index < -0.39 is 5.82 Å². The van der Waals surface area contributed by atoms with Crippen molar-refractivity contribution in [3.63, 3.8) is 0 Å². The average molecular weight is 373 g/mol. The number of benzene rings is 1. The van der Waals surface area contributed by atoms with Gasteiger partial charge in [0.2, 0.25) is 5.95 Å². The second-order valence-corrected chi connectivity index (χ2v) is 6.65. The zero-order valence-electron chi connectivity index (χ0n) is 15.9. The summed E-state index contributed by atoms with van der Waals surface area (Å²) in [5.74, 6) is 0.997. The Morgan fingerprint density at radius 2 is 1.89 bits per heavy atom. The molecule has 1 aromatic carbocycles. The molecule has 2 aromatic rings. The van der Waals surface area contributed by atoms with Crippen molar-refractivity contribution in [2.45, 2.75) is 6.92 Å². The van der Waals surface area contributed by atoms with Gasteiger partial charge in [0, 0.05) is 52.0 Å². The third-order valence-electron chi connectivity index (χ3n) is 4.39. The first-order valence-electron chi connectivity index (χ1n) is 8.87. The van der Waals surface area contributed by atoms with E-state index in [-0.39, 0.29) is 18.3 Å². The number of ether oxygens (including phenoxy) is 1. The highest BCUT2D eigenvalue weighted by atomic mass is 19.1. The molecule has 0 spiro atoms. The van der Waals surface area contributed by atoms with Gasteiger partial charge in [-0.2, -0.15) is 4.98 Å². The van der Waals surface area contributed by atoms with Crippen LogP contribution >= 0.6 is 0 Å². The zero-order valence-corrected chi connectivity index (χ0v) is 15.9. The summed E-state index contributed by atoms with van der Waals surface area (Å²) in [5.41, 5.74) is 0.903. The smallest absolute Gasteiger partial charge is 0.260 e. The monoisotopic (exact) mass is 373 g/mol. The lowest BCUT2D eigenvalue weighted by atomic mass is 10.3. The first-order valence-corrected chi connectivity index (χ1v) is 8.87. The highest BCUT2D eigenvalue weighted by molar-refractivity contribution is 5.78. The van der Waals surface area contributed by atoms with Crippen LogP contribution in [0.1, 0.15) is 5.69 Å². The van der Waals surface area contributed by atoms with Gasteiger partial charge >= 0.3 is 0 Å². The van der Waals surface area contributed by atoms with Crippen LogP contribution in [0.3, 0.4) is 0 Å².